The number of likely N-dealkylation sites (N-methyl/N-ethyl adjacent to an activating group) is 1. The van der Waals surface area contributed by atoms with Crippen molar-refractivity contribution in [2.24, 2.45) is 10.9 Å². The molecule has 1 aliphatic carbocycles. The van der Waals surface area contributed by atoms with Crippen molar-refractivity contribution in [3.8, 4) is 0 Å². The number of hydrogen-bond donors (Lipinski definition) is 0. The van der Waals surface area contributed by atoms with Gasteiger partial charge in [0.15, 0.2) is 0 Å². The van der Waals surface area contributed by atoms with Gasteiger partial charge in [-0.05, 0) is 44.9 Å². The molecule has 1 aromatic rings. The fraction of sp³-hybridized carbons (Fsp3) is 0.474. The molecule has 0 amide bonds. The van der Waals surface area contributed by atoms with Crippen LogP contribution < -0.4 is 0 Å². The molecule has 0 aromatic heterocycles. The van der Waals surface area contributed by atoms with Crippen LogP contribution in [0.3, 0.4) is 0 Å². The van der Waals surface area contributed by atoms with Gasteiger partial charge in [-0.1, -0.05) is 36.8 Å². The Morgan fingerprint density at radius 3 is 2.52 bits per heavy atom. The molecule has 0 heterocycles. The van der Waals surface area contributed by atoms with Crippen molar-refractivity contribution < 1.29 is 9.53 Å². The molecular weight excluding hydrogens is 288 g/mol. The lowest BCUT2D eigenvalue weighted by Crippen LogP contribution is -2.33. The predicted molar refractivity (Wildman–Crippen MR) is 93.1 cm³/mol. The molecule has 2 rings (SSSR count). The van der Waals surface area contributed by atoms with E-state index in [2.05, 4.69) is 18.6 Å². The Balaban J connectivity index is 2.08. The molecule has 1 fully saturated rings. The van der Waals surface area contributed by atoms with Gasteiger partial charge in [0, 0.05) is 7.05 Å². The zero-order chi connectivity index (χ0) is 16.8. The van der Waals surface area contributed by atoms with Crippen molar-refractivity contribution in [1.82, 2.24) is 4.90 Å². The Kier molecular flexibility index (Phi) is 5.97. The minimum Gasteiger partial charge on any atom is -0.458 e. The van der Waals surface area contributed by atoms with Crippen molar-refractivity contribution in [3.63, 3.8) is 0 Å². The highest BCUT2D eigenvalue weighted by Gasteiger charge is 2.29. The highest BCUT2D eigenvalue weighted by atomic mass is 16.5. The van der Waals surface area contributed by atoms with E-state index in [9.17, 15) is 4.79 Å². The lowest BCUT2D eigenvalue weighted by atomic mass is 9.82. The highest BCUT2D eigenvalue weighted by Crippen LogP contribution is 2.32. The van der Waals surface area contributed by atoms with Crippen LogP contribution >= 0.6 is 0 Å². The standard InChI is InChI=1S/C19H26N2O2/c1-14(16-9-6-5-7-10-16)21(4)18(13-20-3)19(22)23-15(2)17-11-8-12-17/h5-7,9-10,13-15,17H,3,8,11-12H2,1-2,4H3/b18-13-/t14-,15?/m1/s1. The summed E-state index contributed by atoms with van der Waals surface area (Å²) in [5.41, 5.74) is 1.56. The van der Waals surface area contributed by atoms with Crippen LogP contribution in [0.1, 0.15) is 44.7 Å². The molecular formula is C19H26N2O2. The van der Waals surface area contributed by atoms with E-state index in [1.807, 2.05) is 49.2 Å². The van der Waals surface area contributed by atoms with Crippen LogP contribution in [0, 0.1) is 5.92 Å². The van der Waals surface area contributed by atoms with Gasteiger partial charge in [0.05, 0.1) is 12.2 Å². The van der Waals surface area contributed by atoms with Crippen LogP contribution in [0.2, 0.25) is 0 Å². The summed E-state index contributed by atoms with van der Waals surface area (Å²) in [7, 11) is 1.88. The average Bonchev–Trinajstić information content (AvgIpc) is 2.50. The predicted octanol–water partition coefficient (Wildman–Crippen LogP) is 3.95. The molecule has 0 bridgehead atoms. The van der Waals surface area contributed by atoms with Gasteiger partial charge in [-0.25, -0.2) is 4.79 Å². The molecule has 124 valence electrons. The van der Waals surface area contributed by atoms with Gasteiger partial charge in [-0.15, -0.1) is 0 Å². The van der Waals surface area contributed by atoms with E-state index in [4.69, 9.17) is 4.74 Å². The fourth-order valence-electron chi connectivity index (χ4n) is 2.77. The molecule has 0 saturated heterocycles. The molecule has 4 heteroatoms. The summed E-state index contributed by atoms with van der Waals surface area (Å²) in [6.07, 6.45) is 4.95. The molecule has 0 aliphatic heterocycles. The molecule has 1 saturated carbocycles. The summed E-state index contributed by atoms with van der Waals surface area (Å²) < 4.78 is 5.64. The molecule has 0 radical (unpaired) electrons. The SMILES string of the molecule is C=N/C=C(/C(=O)OC(C)C1CCC1)N(C)[C@H](C)c1ccccc1. The van der Waals surface area contributed by atoms with E-state index in [0.717, 1.165) is 18.4 Å². The Hall–Kier alpha value is -2.10. The fourth-order valence-corrected chi connectivity index (χ4v) is 2.77. The summed E-state index contributed by atoms with van der Waals surface area (Å²) in [4.78, 5) is 18.2. The first kappa shape index (κ1) is 17.3. The number of ether oxygens (including phenoxy) is 1. The Bertz CT molecular complexity index is 564. The maximum atomic E-state index is 12.5. The number of esters is 1. The van der Waals surface area contributed by atoms with E-state index in [1.165, 1.54) is 12.6 Å². The van der Waals surface area contributed by atoms with Gasteiger partial charge in [0.2, 0.25) is 0 Å². The normalized spacial score (nSPS) is 17.8. The maximum Gasteiger partial charge on any atom is 0.356 e. The number of nitrogens with zero attached hydrogens (tertiary/aromatic N) is 2. The zero-order valence-corrected chi connectivity index (χ0v) is 14.2. The van der Waals surface area contributed by atoms with Crippen molar-refractivity contribution in [1.29, 1.82) is 0 Å². The van der Waals surface area contributed by atoms with Gasteiger partial charge in [-0.3, -0.25) is 4.99 Å². The molecule has 1 aromatic carbocycles. The lowest BCUT2D eigenvalue weighted by molar-refractivity contribution is -0.149. The second-order valence-electron chi connectivity index (χ2n) is 6.20. The van der Waals surface area contributed by atoms with Crippen molar-refractivity contribution in [3.05, 3.63) is 47.8 Å². The average molecular weight is 314 g/mol. The Labute approximate surface area is 138 Å². The number of carbonyl (C=O) groups excluding carboxylic acids is 1. The third-order valence-electron chi connectivity index (χ3n) is 4.77. The number of carbonyl (C=O) groups is 1. The molecule has 23 heavy (non-hydrogen) atoms. The summed E-state index contributed by atoms with van der Waals surface area (Å²) in [6.45, 7) is 7.50. The monoisotopic (exact) mass is 314 g/mol. The summed E-state index contributed by atoms with van der Waals surface area (Å²) in [5.74, 6) is 0.163. The second kappa shape index (κ2) is 7.95. The maximum absolute atomic E-state index is 12.5. The molecule has 2 atom stereocenters. The summed E-state index contributed by atoms with van der Waals surface area (Å²) >= 11 is 0. The number of hydrogen-bond acceptors (Lipinski definition) is 4. The van der Waals surface area contributed by atoms with Crippen LogP contribution in [0.5, 0.6) is 0 Å². The minimum absolute atomic E-state index is 0.0377. The Morgan fingerprint density at radius 2 is 2.00 bits per heavy atom. The van der Waals surface area contributed by atoms with Gasteiger partial charge < -0.3 is 9.64 Å². The van der Waals surface area contributed by atoms with E-state index in [-0.39, 0.29) is 18.1 Å². The van der Waals surface area contributed by atoms with Crippen LogP contribution in [0.15, 0.2) is 47.2 Å². The third-order valence-corrected chi connectivity index (χ3v) is 4.77. The largest absolute Gasteiger partial charge is 0.458 e. The van der Waals surface area contributed by atoms with E-state index >= 15 is 0 Å². The molecule has 0 N–H and O–H groups in total. The van der Waals surface area contributed by atoms with Gasteiger partial charge >= 0.3 is 5.97 Å². The van der Waals surface area contributed by atoms with Gasteiger partial charge in [0.1, 0.15) is 11.8 Å². The number of rotatable bonds is 7. The molecule has 1 unspecified atom stereocenters. The smallest absolute Gasteiger partial charge is 0.356 e. The van der Waals surface area contributed by atoms with Crippen molar-refractivity contribution in [2.75, 3.05) is 7.05 Å². The highest BCUT2D eigenvalue weighted by molar-refractivity contribution is 5.88. The first-order valence-electron chi connectivity index (χ1n) is 8.19. The van der Waals surface area contributed by atoms with E-state index in [1.54, 1.807) is 0 Å². The molecule has 4 nitrogen and oxygen atoms in total. The van der Waals surface area contributed by atoms with Gasteiger partial charge in [0.25, 0.3) is 0 Å². The number of aliphatic imine (C=N–C) groups is 1. The second-order valence-corrected chi connectivity index (χ2v) is 6.20. The first-order chi connectivity index (χ1) is 11.0. The Morgan fingerprint density at radius 1 is 1.35 bits per heavy atom. The van der Waals surface area contributed by atoms with Crippen molar-refractivity contribution >= 4 is 12.7 Å². The summed E-state index contributed by atoms with van der Waals surface area (Å²) in [6, 6.07) is 10.1. The topological polar surface area (TPSA) is 41.9 Å². The lowest BCUT2D eigenvalue weighted by Gasteiger charge is -2.33. The molecule has 0 spiro atoms. The number of benzene rings is 1. The van der Waals surface area contributed by atoms with Crippen LogP contribution in [0.4, 0.5) is 0 Å². The third kappa shape index (κ3) is 4.21. The van der Waals surface area contributed by atoms with Crippen LogP contribution in [-0.4, -0.2) is 30.7 Å². The van der Waals surface area contributed by atoms with Crippen LogP contribution in [0.25, 0.3) is 0 Å². The van der Waals surface area contributed by atoms with Gasteiger partial charge in [-0.2, -0.15) is 0 Å². The zero-order valence-electron chi connectivity index (χ0n) is 14.2. The van der Waals surface area contributed by atoms with E-state index in [0.29, 0.717) is 11.6 Å². The first-order valence-corrected chi connectivity index (χ1v) is 8.19. The molecule has 1 aliphatic rings. The van der Waals surface area contributed by atoms with Crippen LogP contribution in [-0.2, 0) is 9.53 Å². The minimum atomic E-state index is -0.331. The van der Waals surface area contributed by atoms with Crippen molar-refractivity contribution in [2.45, 2.75) is 45.3 Å². The summed E-state index contributed by atoms with van der Waals surface area (Å²) in [5, 5.41) is 0. The quantitative estimate of drug-likeness (QED) is 0.435. The van der Waals surface area contributed by atoms with E-state index < -0.39 is 0 Å².